The summed E-state index contributed by atoms with van der Waals surface area (Å²) < 4.78 is 25.9. The van der Waals surface area contributed by atoms with Crippen molar-refractivity contribution >= 4 is 5.97 Å². The van der Waals surface area contributed by atoms with E-state index in [9.17, 15) is 9.18 Å². The molecule has 0 radical (unpaired) electrons. The molecule has 1 fully saturated rings. The summed E-state index contributed by atoms with van der Waals surface area (Å²) in [6.45, 7) is 0.486. The molecular weight excluding hydrogens is 398 g/mol. The molecule has 0 saturated carbocycles. The van der Waals surface area contributed by atoms with Gasteiger partial charge in [0.05, 0.1) is 0 Å². The molecule has 1 atom stereocenters. The van der Waals surface area contributed by atoms with Gasteiger partial charge in [0.1, 0.15) is 0 Å². The second-order valence-corrected chi connectivity index (χ2v) is 7.93. The molecule has 0 aliphatic carbocycles. The predicted molar refractivity (Wildman–Crippen MR) is 74.8 cm³/mol. The molecule has 2 aromatic rings. The van der Waals surface area contributed by atoms with Gasteiger partial charge in [0.15, 0.2) is 0 Å². The number of cyclic esters (lactones) is 1. The van der Waals surface area contributed by atoms with E-state index in [2.05, 4.69) is 0 Å². The number of hydrogen-bond acceptors (Lipinski definition) is 3. The van der Waals surface area contributed by atoms with Gasteiger partial charge in [-0.15, -0.1) is 0 Å². The van der Waals surface area contributed by atoms with E-state index >= 15 is 0 Å². The zero-order valence-corrected chi connectivity index (χ0v) is 14.0. The fourth-order valence-corrected chi connectivity index (χ4v) is 4.28. The third kappa shape index (κ3) is 3.97. The molecule has 2 aromatic carbocycles. The Kier molecular flexibility index (Phi) is 4.92. The predicted octanol–water partition coefficient (Wildman–Crippen LogP) is 0.0385. The Morgan fingerprint density at radius 1 is 1.05 bits per heavy atom. The van der Waals surface area contributed by atoms with E-state index in [4.69, 9.17) is 9.47 Å². The molecule has 1 heterocycles. The van der Waals surface area contributed by atoms with Crippen LogP contribution in [0.1, 0.15) is 12.8 Å². The molecule has 0 N–H and O–H groups in total. The Morgan fingerprint density at radius 3 is 2.32 bits per heavy atom. The molecule has 0 amide bonds. The van der Waals surface area contributed by atoms with Gasteiger partial charge in [-0.25, -0.2) is 0 Å². The summed E-state index contributed by atoms with van der Waals surface area (Å²) >= 11 is -0.340. The van der Waals surface area contributed by atoms with Crippen LogP contribution >= 0.6 is 0 Å². The van der Waals surface area contributed by atoms with Gasteiger partial charge < -0.3 is 0 Å². The first-order chi connectivity index (χ1) is 10.7. The van der Waals surface area contributed by atoms with Crippen molar-refractivity contribution in [2.24, 2.45) is 0 Å². The molecule has 1 saturated heterocycles. The Labute approximate surface area is 138 Å². The number of carbonyl (C=O) groups is 1. The molecule has 3 rings (SSSR count). The summed E-state index contributed by atoms with van der Waals surface area (Å²) in [7, 11) is 0. The first-order valence-corrected chi connectivity index (χ1v) is 9.20. The number of esters is 1. The number of hydrogen-bond donors (Lipinski definition) is 0. The van der Waals surface area contributed by atoms with Gasteiger partial charge in [-0.2, -0.15) is 0 Å². The zero-order chi connectivity index (χ0) is 15.4. The summed E-state index contributed by atoms with van der Waals surface area (Å²) in [6, 6.07) is 14.4. The van der Waals surface area contributed by atoms with Crippen molar-refractivity contribution in [2.75, 3.05) is 6.61 Å². The van der Waals surface area contributed by atoms with Crippen molar-refractivity contribution in [2.45, 2.75) is 18.9 Å². The molecule has 0 spiro atoms. The van der Waals surface area contributed by atoms with E-state index in [1.165, 1.54) is 15.7 Å². The van der Waals surface area contributed by atoms with Crippen molar-refractivity contribution in [1.82, 2.24) is 0 Å². The van der Waals surface area contributed by atoms with Crippen molar-refractivity contribution in [3.05, 3.63) is 61.5 Å². The summed E-state index contributed by atoms with van der Waals surface area (Å²) in [5.41, 5.74) is 0. The van der Waals surface area contributed by atoms with Crippen LogP contribution in [-0.4, -0.2) is 18.7 Å². The Balaban J connectivity index is 1.62. The Morgan fingerprint density at radius 2 is 1.68 bits per heavy atom. The maximum atomic E-state index is 12.9. The third-order valence-electron chi connectivity index (χ3n) is 3.23. The quantitative estimate of drug-likeness (QED) is 0.525. The van der Waals surface area contributed by atoms with Crippen molar-refractivity contribution < 1.29 is 39.9 Å². The zero-order valence-electron chi connectivity index (χ0n) is 11.8. The van der Waals surface area contributed by atoms with Crippen LogP contribution in [0, 0.1) is 13.0 Å². The van der Waals surface area contributed by atoms with E-state index in [1.54, 1.807) is 0 Å². The maximum absolute atomic E-state index is 12.9. The van der Waals surface area contributed by atoms with Crippen LogP contribution in [0.3, 0.4) is 0 Å². The minimum absolute atomic E-state index is 0.212. The van der Waals surface area contributed by atoms with Gasteiger partial charge in [-0.05, 0) is 0 Å². The molecule has 5 heteroatoms. The van der Waals surface area contributed by atoms with Crippen LogP contribution in [0.25, 0.3) is 0 Å². The van der Waals surface area contributed by atoms with Gasteiger partial charge in [-0.3, -0.25) is 0 Å². The standard InChI is InChI=1S/C17H15FIO3/c18-12-3-5-13(6-4-12)19-14-7-9-15(10-8-14)22-16-2-1-11-21-17(16)20/h3-10,16H,1-2,11H2/q-1. The van der Waals surface area contributed by atoms with E-state index in [-0.39, 0.29) is 33.0 Å². The van der Waals surface area contributed by atoms with Crippen LogP contribution in [0.4, 0.5) is 4.39 Å². The average Bonchev–Trinajstić information content (AvgIpc) is 2.54. The van der Waals surface area contributed by atoms with Crippen LogP contribution in [0.5, 0.6) is 5.75 Å². The van der Waals surface area contributed by atoms with Crippen LogP contribution < -0.4 is 25.9 Å². The van der Waals surface area contributed by atoms with Gasteiger partial charge >= 0.3 is 139 Å². The number of rotatable bonds is 4. The number of ether oxygens (including phenoxy) is 2. The summed E-state index contributed by atoms with van der Waals surface area (Å²) in [5, 5.41) is 0. The summed E-state index contributed by atoms with van der Waals surface area (Å²) in [5.74, 6) is 0.181. The summed E-state index contributed by atoms with van der Waals surface area (Å²) in [6.07, 6.45) is 1.04. The second kappa shape index (κ2) is 7.09. The van der Waals surface area contributed by atoms with Crippen LogP contribution in [0.2, 0.25) is 0 Å². The van der Waals surface area contributed by atoms with Crippen LogP contribution in [0.15, 0.2) is 48.5 Å². The fourth-order valence-electron chi connectivity index (χ4n) is 2.12. The molecule has 1 aliphatic heterocycles. The molecule has 0 aromatic heterocycles. The van der Waals surface area contributed by atoms with E-state index in [0.717, 1.165) is 9.99 Å². The average molecular weight is 413 g/mol. The van der Waals surface area contributed by atoms with E-state index < -0.39 is 6.10 Å². The molecular formula is C17H15FIO3-. The van der Waals surface area contributed by atoms with Gasteiger partial charge in [0.25, 0.3) is 0 Å². The van der Waals surface area contributed by atoms with E-state index in [0.29, 0.717) is 18.8 Å². The molecule has 1 unspecified atom stereocenters. The van der Waals surface area contributed by atoms with Crippen molar-refractivity contribution in [1.29, 1.82) is 0 Å². The molecule has 116 valence electrons. The van der Waals surface area contributed by atoms with Crippen LogP contribution in [-0.2, 0) is 9.53 Å². The SMILES string of the molecule is O=C1OCCCC1Oc1ccc([I-]c2ccc(F)cc2)cc1. The Bertz CT molecular complexity index is 640. The number of carbonyl (C=O) groups excluding carboxylic acids is 1. The fraction of sp³-hybridized carbons (Fsp3) is 0.235. The number of benzene rings is 2. The van der Waals surface area contributed by atoms with Gasteiger partial charge in [0, 0.05) is 0 Å². The Hall–Kier alpha value is -1.63. The normalized spacial score (nSPS) is 18.0. The number of halogens is 2. The minimum atomic E-state index is -0.494. The first-order valence-electron chi connectivity index (χ1n) is 7.04. The summed E-state index contributed by atoms with van der Waals surface area (Å²) in [4.78, 5) is 11.6. The van der Waals surface area contributed by atoms with E-state index in [1.807, 2.05) is 36.4 Å². The van der Waals surface area contributed by atoms with Crippen molar-refractivity contribution in [3.63, 3.8) is 0 Å². The van der Waals surface area contributed by atoms with Gasteiger partial charge in [0.2, 0.25) is 0 Å². The molecule has 22 heavy (non-hydrogen) atoms. The first kappa shape index (κ1) is 15.3. The second-order valence-electron chi connectivity index (χ2n) is 4.90. The van der Waals surface area contributed by atoms with Crippen molar-refractivity contribution in [3.8, 4) is 5.75 Å². The topological polar surface area (TPSA) is 35.5 Å². The molecule has 3 nitrogen and oxygen atoms in total. The molecule has 0 bridgehead atoms. The monoisotopic (exact) mass is 413 g/mol. The van der Waals surface area contributed by atoms with Gasteiger partial charge in [-0.1, -0.05) is 0 Å². The third-order valence-corrected chi connectivity index (χ3v) is 5.92. The molecule has 1 aliphatic rings.